The molecule has 1 aromatic heterocycles. The number of aromatic nitrogens is 1. The first-order valence-corrected chi connectivity index (χ1v) is 9.60. The van der Waals surface area contributed by atoms with Crippen LogP contribution in [0.2, 0.25) is 0 Å². The second-order valence-electron chi connectivity index (χ2n) is 7.12. The van der Waals surface area contributed by atoms with Gasteiger partial charge in [0.2, 0.25) is 11.8 Å². The first-order chi connectivity index (χ1) is 13.2. The van der Waals surface area contributed by atoms with Gasteiger partial charge in [-0.25, -0.2) is 0 Å². The number of para-hydroxylation sites is 1. The van der Waals surface area contributed by atoms with Crippen LogP contribution in [-0.4, -0.2) is 41.1 Å². The van der Waals surface area contributed by atoms with E-state index >= 15 is 0 Å². The number of H-pyrrole nitrogens is 1. The third kappa shape index (κ3) is 5.20. The fraction of sp³-hybridized carbons (Fsp3) is 0.429. The highest BCUT2D eigenvalue weighted by Gasteiger charge is 2.21. The number of aromatic amines is 1. The van der Waals surface area contributed by atoms with Gasteiger partial charge in [0.05, 0.1) is 6.61 Å². The molecule has 0 radical (unpaired) electrons. The molecular weight excluding hydrogens is 342 g/mol. The van der Waals surface area contributed by atoms with Crippen molar-refractivity contribution in [1.29, 1.82) is 0 Å². The van der Waals surface area contributed by atoms with Crippen molar-refractivity contribution < 1.29 is 14.7 Å². The Hall–Kier alpha value is -2.60. The Morgan fingerprint density at radius 1 is 1.22 bits per heavy atom. The van der Waals surface area contributed by atoms with Crippen LogP contribution in [0.5, 0.6) is 0 Å². The molecule has 1 fully saturated rings. The van der Waals surface area contributed by atoms with Gasteiger partial charge in [0, 0.05) is 29.7 Å². The van der Waals surface area contributed by atoms with E-state index in [0.717, 1.165) is 29.3 Å². The topological polar surface area (TPSA) is 94.2 Å². The summed E-state index contributed by atoms with van der Waals surface area (Å²) in [6.07, 6.45) is 10.8. The number of carbonyl (C=O) groups excluding carboxylic acids is 2. The summed E-state index contributed by atoms with van der Waals surface area (Å²) < 4.78 is 0. The normalized spacial score (nSPS) is 16.5. The lowest BCUT2D eigenvalue weighted by Crippen LogP contribution is -2.49. The van der Waals surface area contributed by atoms with E-state index in [9.17, 15) is 14.7 Å². The summed E-state index contributed by atoms with van der Waals surface area (Å²) in [4.78, 5) is 27.5. The molecule has 1 aliphatic rings. The summed E-state index contributed by atoms with van der Waals surface area (Å²) in [6.45, 7) is 0.180. The van der Waals surface area contributed by atoms with Gasteiger partial charge in [-0.15, -0.1) is 0 Å². The van der Waals surface area contributed by atoms with Gasteiger partial charge in [0.25, 0.3) is 0 Å². The van der Waals surface area contributed by atoms with Crippen molar-refractivity contribution in [2.45, 2.75) is 38.1 Å². The molecule has 6 heteroatoms. The van der Waals surface area contributed by atoms with Gasteiger partial charge in [-0.2, -0.15) is 0 Å². The Kier molecular flexibility index (Phi) is 6.65. The molecular formula is C21H27N3O3. The summed E-state index contributed by atoms with van der Waals surface area (Å²) >= 11 is 0. The lowest BCUT2D eigenvalue weighted by molar-refractivity contribution is -0.128. The highest BCUT2D eigenvalue weighted by atomic mass is 16.3. The van der Waals surface area contributed by atoms with E-state index in [1.807, 2.05) is 30.5 Å². The molecule has 1 atom stereocenters. The average Bonchev–Trinajstić information content (AvgIpc) is 3.12. The van der Waals surface area contributed by atoms with Gasteiger partial charge < -0.3 is 20.7 Å². The molecule has 0 saturated heterocycles. The van der Waals surface area contributed by atoms with Crippen LogP contribution in [0.25, 0.3) is 17.0 Å². The molecule has 0 spiro atoms. The van der Waals surface area contributed by atoms with Crippen LogP contribution in [0.15, 0.2) is 36.5 Å². The van der Waals surface area contributed by atoms with Crippen molar-refractivity contribution in [3.63, 3.8) is 0 Å². The smallest absolute Gasteiger partial charge is 0.244 e. The van der Waals surface area contributed by atoms with E-state index in [2.05, 4.69) is 15.6 Å². The molecule has 2 aromatic rings. The molecule has 0 aliphatic heterocycles. The van der Waals surface area contributed by atoms with E-state index in [4.69, 9.17) is 0 Å². The number of fused-ring (bicyclic) bond motifs is 1. The third-order valence-electron chi connectivity index (χ3n) is 5.14. The number of hydrogen-bond donors (Lipinski definition) is 4. The van der Waals surface area contributed by atoms with Crippen molar-refractivity contribution in [2.24, 2.45) is 5.92 Å². The van der Waals surface area contributed by atoms with Crippen LogP contribution < -0.4 is 10.6 Å². The predicted molar refractivity (Wildman–Crippen MR) is 106 cm³/mol. The zero-order valence-electron chi connectivity index (χ0n) is 15.4. The standard InChI is InChI=1S/C21H27N3O3/c25-14-19(21(27)23-12-15-6-2-1-3-7-15)24-20(26)11-10-16-13-22-18-9-5-4-8-17(16)18/h4-5,8-11,13,15,19,22,25H,1-3,6-7,12,14H2,(H,23,27)(H,24,26). The Bertz CT molecular complexity index is 806. The lowest BCUT2D eigenvalue weighted by Gasteiger charge is -2.23. The van der Waals surface area contributed by atoms with E-state index < -0.39 is 18.6 Å². The summed E-state index contributed by atoms with van der Waals surface area (Å²) in [7, 11) is 0. The molecule has 0 bridgehead atoms. The summed E-state index contributed by atoms with van der Waals surface area (Å²) in [5.41, 5.74) is 1.89. The maximum atomic E-state index is 12.2. The minimum Gasteiger partial charge on any atom is -0.394 e. The zero-order chi connectivity index (χ0) is 19.1. The summed E-state index contributed by atoms with van der Waals surface area (Å²) in [5, 5.41) is 15.9. The van der Waals surface area contributed by atoms with Gasteiger partial charge in [-0.05, 0) is 36.5 Å². The first kappa shape index (κ1) is 19.2. The van der Waals surface area contributed by atoms with Crippen LogP contribution in [0, 0.1) is 5.92 Å². The van der Waals surface area contributed by atoms with Gasteiger partial charge >= 0.3 is 0 Å². The molecule has 4 N–H and O–H groups in total. The monoisotopic (exact) mass is 369 g/mol. The summed E-state index contributed by atoms with van der Waals surface area (Å²) in [6, 6.07) is 6.88. The second-order valence-corrected chi connectivity index (χ2v) is 7.12. The first-order valence-electron chi connectivity index (χ1n) is 9.60. The zero-order valence-corrected chi connectivity index (χ0v) is 15.4. The lowest BCUT2D eigenvalue weighted by atomic mass is 9.89. The summed E-state index contributed by atoms with van der Waals surface area (Å²) in [5.74, 6) is -0.247. The van der Waals surface area contributed by atoms with Crippen LogP contribution in [-0.2, 0) is 9.59 Å². The fourth-order valence-corrected chi connectivity index (χ4v) is 3.57. The molecule has 3 rings (SSSR count). The second kappa shape index (κ2) is 9.37. The molecule has 1 saturated carbocycles. The van der Waals surface area contributed by atoms with E-state index in [0.29, 0.717) is 12.5 Å². The maximum Gasteiger partial charge on any atom is 0.244 e. The number of rotatable bonds is 7. The number of aliphatic hydroxyl groups excluding tert-OH is 1. The number of benzene rings is 1. The van der Waals surface area contributed by atoms with Crippen molar-refractivity contribution in [1.82, 2.24) is 15.6 Å². The van der Waals surface area contributed by atoms with Crippen molar-refractivity contribution in [2.75, 3.05) is 13.2 Å². The number of carbonyl (C=O) groups is 2. The van der Waals surface area contributed by atoms with Crippen molar-refractivity contribution in [3.05, 3.63) is 42.1 Å². The Balaban J connectivity index is 1.52. The minimum atomic E-state index is -0.936. The molecule has 144 valence electrons. The quantitative estimate of drug-likeness (QED) is 0.564. The van der Waals surface area contributed by atoms with Crippen LogP contribution >= 0.6 is 0 Å². The molecule has 6 nitrogen and oxygen atoms in total. The fourth-order valence-electron chi connectivity index (χ4n) is 3.57. The number of nitrogens with one attached hydrogen (secondary N) is 3. The third-order valence-corrected chi connectivity index (χ3v) is 5.14. The SMILES string of the molecule is O=C(C=Cc1c[nH]c2ccccc12)NC(CO)C(=O)NCC1CCCCC1. The Morgan fingerprint density at radius 2 is 2.00 bits per heavy atom. The van der Waals surface area contributed by atoms with E-state index in [1.54, 1.807) is 6.08 Å². The maximum absolute atomic E-state index is 12.2. The van der Waals surface area contributed by atoms with Crippen molar-refractivity contribution >= 4 is 28.8 Å². The number of amides is 2. The largest absolute Gasteiger partial charge is 0.394 e. The van der Waals surface area contributed by atoms with Gasteiger partial charge in [0.1, 0.15) is 6.04 Å². The molecule has 2 amide bonds. The van der Waals surface area contributed by atoms with E-state index in [-0.39, 0.29) is 5.91 Å². The van der Waals surface area contributed by atoms with Crippen molar-refractivity contribution in [3.8, 4) is 0 Å². The molecule has 1 heterocycles. The Labute approximate surface area is 159 Å². The Morgan fingerprint density at radius 3 is 2.78 bits per heavy atom. The van der Waals surface area contributed by atoms with Gasteiger partial charge in [-0.3, -0.25) is 9.59 Å². The van der Waals surface area contributed by atoms with E-state index in [1.165, 1.54) is 25.3 Å². The van der Waals surface area contributed by atoms with Crippen LogP contribution in [0.3, 0.4) is 0 Å². The van der Waals surface area contributed by atoms with Gasteiger partial charge in [0.15, 0.2) is 0 Å². The minimum absolute atomic E-state index is 0.336. The van der Waals surface area contributed by atoms with Gasteiger partial charge in [-0.1, -0.05) is 37.5 Å². The molecule has 1 unspecified atom stereocenters. The number of hydrogen-bond acceptors (Lipinski definition) is 3. The average molecular weight is 369 g/mol. The predicted octanol–water partition coefficient (Wildman–Crippen LogP) is 2.35. The van der Waals surface area contributed by atoms with Crippen LogP contribution in [0.1, 0.15) is 37.7 Å². The molecule has 1 aliphatic carbocycles. The highest BCUT2D eigenvalue weighted by Crippen LogP contribution is 2.22. The number of aliphatic hydroxyl groups is 1. The molecule has 1 aromatic carbocycles. The highest BCUT2D eigenvalue weighted by molar-refractivity contribution is 5.98. The molecule has 27 heavy (non-hydrogen) atoms. The van der Waals surface area contributed by atoms with Crippen LogP contribution in [0.4, 0.5) is 0 Å².